The summed E-state index contributed by atoms with van der Waals surface area (Å²) in [5.74, 6) is 0.418. The molecule has 0 aliphatic carbocycles. The van der Waals surface area contributed by atoms with Crippen LogP contribution in [0.5, 0.6) is 0 Å². The molecule has 1 amide bonds. The first kappa shape index (κ1) is 24.5. The molecule has 2 fully saturated rings. The first-order valence-corrected chi connectivity index (χ1v) is 13.0. The van der Waals surface area contributed by atoms with Gasteiger partial charge in [-0.2, -0.15) is 4.31 Å². The number of amides is 1. The molecule has 3 N–H and O–H groups in total. The monoisotopic (exact) mass is 492 g/mol. The van der Waals surface area contributed by atoms with Crippen LogP contribution < -0.4 is 16.0 Å². The van der Waals surface area contributed by atoms with Crippen LogP contribution in [0.2, 0.25) is 0 Å². The van der Waals surface area contributed by atoms with Crippen LogP contribution in [0.1, 0.15) is 31.6 Å². The Morgan fingerprint density at radius 1 is 1.15 bits per heavy atom. The Bertz CT molecular complexity index is 1050. The lowest BCUT2D eigenvalue weighted by atomic mass is 10.2. The molecule has 2 unspecified atom stereocenters. The SMILES string of the molecule is CC(NC(=O)CNc1cc(S(=O)(=O)N2CCOCC2)ccc1NCC1CCCO1)c1ccco1. The number of morpholine rings is 1. The molecule has 2 aromatic rings. The van der Waals surface area contributed by atoms with Gasteiger partial charge in [0.2, 0.25) is 15.9 Å². The fraction of sp³-hybridized carbons (Fsp3) is 0.522. The molecule has 186 valence electrons. The third-order valence-electron chi connectivity index (χ3n) is 5.93. The number of hydrogen-bond acceptors (Lipinski definition) is 8. The number of benzene rings is 1. The van der Waals surface area contributed by atoms with Gasteiger partial charge in [0.1, 0.15) is 5.76 Å². The van der Waals surface area contributed by atoms with Crippen molar-refractivity contribution in [1.29, 1.82) is 0 Å². The average molecular weight is 493 g/mol. The summed E-state index contributed by atoms with van der Waals surface area (Å²) < 4.78 is 44.0. The Labute approximate surface area is 200 Å². The topological polar surface area (TPSA) is 122 Å². The fourth-order valence-corrected chi connectivity index (χ4v) is 5.46. The second kappa shape index (κ2) is 11.2. The van der Waals surface area contributed by atoms with Crippen LogP contribution in [0.3, 0.4) is 0 Å². The summed E-state index contributed by atoms with van der Waals surface area (Å²) in [5.41, 5.74) is 1.25. The molecular weight excluding hydrogens is 460 g/mol. The van der Waals surface area contributed by atoms with Crippen molar-refractivity contribution >= 4 is 27.3 Å². The first-order valence-electron chi connectivity index (χ1n) is 11.6. The van der Waals surface area contributed by atoms with E-state index in [4.69, 9.17) is 13.9 Å². The molecular formula is C23H32N4O6S. The summed E-state index contributed by atoms with van der Waals surface area (Å²) >= 11 is 0. The van der Waals surface area contributed by atoms with Gasteiger partial charge in [-0.1, -0.05) is 0 Å². The normalized spacial score (nSPS) is 20.1. The Morgan fingerprint density at radius 2 is 1.97 bits per heavy atom. The van der Waals surface area contributed by atoms with E-state index in [0.717, 1.165) is 19.4 Å². The summed E-state index contributed by atoms with van der Waals surface area (Å²) in [6.45, 7) is 4.54. The van der Waals surface area contributed by atoms with Gasteiger partial charge in [0, 0.05) is 26.2 Å². The van der Waals surface area contributed by atoms with Crippen molar-refractivity contribution in [3.8, 4) is 0 Å². The highest BCUT2D eigenvalue weighted by Crippen LogP contribution is 2.28. The Kier molecular flexibility index (Phi) is 8.09. The molecule has 2 aliphatic rings. The summed E-state index contributed by atoms with van der Waals surface area (Å²) in [6, 6.07) is 8.18. The highest BCUT2D eigenvalue weighted by atomic mass is 32.2. The molecule has 0 saturated carbocycles. The van der Waals surface area contributed by atoms with Crippen LogP contribution in [0, 0.1) is 0 Å². The highest BCUT2D eigenvalue weighted by Gasteiger charge is 2.27. The van der Waals surface area contributed by atoms with Crippen molar-refractivity contribution in [2.75, 3.05) is 56.6 Å². The van der Waals surface area contributed by atoms with Gasteiger partial charge < -0.3 is 29.8 Å². The van der Waals surface area contributed by atoms with Crippen LogP contribution >= 0.6 is 0 Å². The zero-order chi connectivity index (χ0) is 24.0. The molecule has 2 aliphatic heterocycles. The summed E-state index contributed by atoms with van der Waals surface area (Å²) in [6.07, 6.45) is 3.68. The second-order valence-electron chi connectivity index (χ2n) is 8.40. The fourth-order valence-electron chi connectivity index (χ4n) is 4.03. The van der Waals surface area contributed by atoms with Gasteiger partial charge in [-0.3, -0.25) is 4.79 Å². The lowest BCUT2D eigenvalue weighted by Crippen LogP contribution is -2.40. The minimum Gasteiger partial charge on any atom is -0.467 e. The standard InChI is InChI=1S/C23H32N4O6S/c1-17(22-5-3-11-33-22)26-23(28)16-25-21-14-19(34(29,30)27-8-12-31-13-9-27)6-7-20(21)24-15-18-4-2-10-32-18/h3,5-7,11,14,17-18,24-25H,2,4,8-10,12-13,15-16H2,1H3,(H,26,28). The van der Waals surface area contributed by atoms with Gasteiger partial charge in [0.05, 0.1) is 54.4 Å². The molecule has 2 atom stereocenters. The molecule has 1 aromatic carbocycles. The average Bonchev–Trinajstić information content (AvgIpc) is 3.57. The number of furan rings is 1. The molecule has 34 heavy (non-hydrogen) atoms. The lowest BCUT2D eigenvalue weighted by molar-refractivity contribution is -0.120. The largest absolute Gasteiger partial charge is 0.467 e. The maximum absolute atomic E-state index is 13.1. The Balaban J connectivity index is 1.47. The van der Waals surface area contributed by atoms with Crippen molar-refractivity contribution in [3.05, 3.63) is 42.4 Å². The summed E-state index contributed by atoms with van der Waals surface area (Å²) in [7, 11) is -3.67. The smallest absolute Gasteiger partial charge is 0.243 e. The van der Waals surface area contributed by atoms with Crippen molar-refractivity contribution in [2.24, 2.45) is 0 Å². The second-order valence-corrected chi connectivity index (χ2v) is 10.3. The molecule has 3 heterocycles. The maximum Gasteiger partial charge on any atom is 0.243 e. The quantitative estimate of drug-likeness (QED) is 0.461. The van der Waals surface area contributed by atoms with Crippen molar-refractivity contribution < 1.29 is 27.1 Å². The number of carbonyl (C=O) groups is 1. The third kappa shape index (κ3) is 6.09. The molecule has 0 radical (unpaired) electrons. The maximum atomic E-state index is 13.1. The Morgan fingerprint density at radius 3 is 2.68 bits per heavy atom. The summed E-state index contributed by atoms with van der Waals surface area (Å²) in [5, 5.41) is 9.31. The van der Waals surface area contributed by atoms with Crippen LogP contribution in [0.15, 0.2) is 45.9 Å². The predicted molar refractivity (Wildman–Crippen MR) is 127 cm³/mol. The molecule has 1 aromatic heterocycles. The van der Waals surface area contributed by atoms with Crippen LogP contribution in [0.25, 0.3) is 0 Å². The number of sulfonamides is 1. The van der Waals surface area contributed by atoms with Crippen molar-refractivity contribution in [1.82, 2.24) is 9.62 Å². The van der Waals surface area contributed by atoms with E-state index in [-0.39, 0.29) is 29.5 Å². The van der Waals surface area contributed by atoms with Gasteiger partial charge in [-0.15, -0.1) is 0 Å². The van der Waals surface area contributed by atoms with E-state index in [1.807, 2.05) is 6.92 Å². The van der Waals surface area contributed by atoms with Crippen LogP contribution in [-0.2, 0) is 24.3 Å². The third-order valence-corrected chi connectivity index (χ3v) is 7.82. The van der Waals surface area contributed by atoms with E-state index in [1.54, 1.807) is 36.6 Å². The van der Waals surface area contributed by atoms with E-state index >= 15 is 0 Å². The predicted octanol–water partition coefficient (Wildman–Crippen LogP) is 2.18. The molecule has 2 saturated heterocycles. The van der Waals surface area contributed by atoms with Gasteiger partial charge in [-0.05, 0) is 50.1 Å². The van der Waals surface area contributed by atoms with Crippen molar-refractivity contribution in [2.45, 2.75) is 36.8 Å². The highest BCUT2D eigenvalue weighted by molar-refractivity contribution is 7.89. The number of rotatable bonds is 10. The molecule has 4 rings (SSSR count). The number of nitrogens with one attached hydrogen (secondary N) is 3. The van der Waals surface area contributed by atoms with E-state index < -0.39 is 10.0 Å². The minimum absolute atomic E-state index is 0.0271. The van der Waals surface area contributed by atoms with E-state index in [1.165, 1.54) is 4.31 Å². The van der Waals surface area contributed by atoms with Crippen LogP contribution in [-0.4, -0.2) is 70.7 Å². The molecule has 11 heteroatoms. The zero-order valence-electron chi connectivity index (χ0n) is 19.3. The van der Waals surface area contributed by atoms with Crippen LogP contribution in [0.4, 0.5) is 11.4 Å². The molecule has 0 spiro atoms. The molecule has 0 bridgehead atoms. The van der Waals surface area contributed by atoms with E-state index in [0.29, 0.717) is 50.0 Å². The number of ether oxygens (including phenoxy) is 2. The lowest BCUT2D eigenvalue weighted by Gasteiger charge is -2.26. The van der Waals surface area contributed by atoms with Gasteiger partial charge >= 0.3 is 0 Å². The van der Waals surface area contributed by atoms with Gasteiger partial charge in [-0.25, -0.2) is 8.42 Å². The number of anilines is 2. The minimum atomic E-state index is -3.67. The number of nitrogens with zero attached hydrogens (tertiary/aromatic N) is 1. The van der Waals surface area contributed by atoms with Gasteiger partial charge in [0.15, 0.2) is 0 Å². The van der Waals surface area contributed by atoms with E-state index in [2.05, 4.69) is 16.0 Å². The molecule has 10 nitrogen and oxygen atoms in total. The summed E-state index contributed by atoms with van der Waals surface area (Å²) in [4.78, 5) is 12.7. The first-order chi connectivity index (χ1) is 16.4. The zero-order valence-corrected chi connectivity index (χ0v) is 20.1. The Hall–Kier alpha value is -2.60. The van der Waals surface area contributed by atoms with E-state index in [9.17, 15) is 13.2 Å². The number of carbonyl (C=O) groups excluding carboxylic acids is 1. The van der Waals surface area contributed by atoms with Crippen molar-refractivity contribution in [3.63, 3.8) is 0 Å². The number of hydrogen-bond donors (Lipinski definition) is 3. The van der Waals surface area contributed by atoms with Gasteiger partial charge in [0.25, 0.3) is 0 Å².